The van der Waals surface area contributed by atoms with E-state index in [4.69, 9.17) is 15.2 Å². The molecule has 2 aliphatic heterocycles. The van der Waals surface area contributed by atoms with Gasteiger partial charge in [-0.2, -0.15) is 0 Å². The van der Waals surface area contributed by atoms with Crippen molar-refractivity contribution in [1.29, 1.82) is 0 Å². The number of benzene rings is 2. The lowest BCUT2D eigenvalue weighted by Crippen LogP contribution is -2.52. The van der Waals surface area contributed by atoms with E-state index >= 15 is 0 Å². The normalized spacial score (nSPS) is 17.7. The molecule has 10 heteroatoms. The summed E-state index contributed by atoms with van der Waals surface area (Å²) in [4.78, 5) is 53.4. The molecule has 0 atom stereocenters. The minimum absolute atomic E-state index is 0.0619. The summed E-state index contributed by atoms with van der Waals surface area (Å²) < 4.78 is 14.6. The molecule has 0 unspecified atom stereocenters. The van der Waals surface area contributed by atoms with Crippen molar-refractivity contribution in [2.45, 2.75) is 57.6 Å². The summed E-state index contributed by atoms with van der Waals surface area (Å²) in [6, 6.07) is 8.01. The molecule has 2 N–H and O–H groups in total. The van der Waals surface area contributed by atoms with Crippen LogP contribution in [0.3, 0.4) is 0 Å². The zero-order chi connectivity index (χ0) is 29.1. The number of piperidine rings is 1. The third-order valence-corrected chi connectivity index (χ3v) is 8.51. The quantitative estimate of drug-likeness (QED) is 0.493. The summed E-state index contributed by atoms with van der Waals surface area (Å²) >= 11 is 0. The number of rotatable bonds is 5. The topological polar surface area (TPSA) is 124 Å². The van der Waals surface area contributed by atoms with Gasteiger partial charge in [0.2, 0.25) is 0 Å². The number of imide groups is 1. The van der Waals surface area contributed by atoms with Gasteiger partial charge in [-0.25, -0.2) is 4.79 Å². The lowest BCUT2D eigenvalue weighted by molar-refractivity contribution is -0.00572. The zero-order valence-corrected chi connectivity index (χ0v) is 23.6. The van der Waals surface area contributed by atoms with Crippen LogP contribution in [0, 0.1) is 6.92 Å². The number of Topliss-reactive ketones (excluding diaryl/α,β-unsaturated/α-hetero) is 1. The van der Waals surface area contributed by atoms with E-state index in [0.717, 1.165) is 40.0 Å². The van der Waals surface area contributed by atoms with E-state index in [2.05, 4.69) is 17.7 Å². The van der Waals surface area contributed by atoms with Crippen molar-refractivity contribution in [3.8, 4) is 11.5 Å². The van der Waals surface area contributed by atoms with Crippen molar-refractivity contribution in [2.24, 2.45) is 5.73 Å². The number of primary amides is 1. The van der Waals surface area contributed by atoms with E-state index in [9.17, 15) is 19.2 Å². The highest BCUT2D eigenvalue weighted by Gasteiger charge is 2.44. The first-order valence-corrected chi connectivity index (χ1v) is 14.1. The van der Waals surface area contributed by atoms with Crippen LogP contribution in [0.5, 0.6) is 11.5 Å². The maximum absolute atomic E-state index is 13.7. The van der Waals surface area contributed by atoms with E-state index in [-0.39, 0.29) is 23.7 Å². The van der Waals surface area contributed by atoms with Gasteiger partial charge in [0, 0.05) is 61.7 Å². The Bertz CT molecular complexity index is 1600. The molecule has 1 aliphatic carbocycles. The summed E-state index contributed by atoms with van der Waals surface area (Å²) in [5.74, 6) is 0.350. The number of aromatic nitrogens is 1. The molecule has 0 bridgehead atoms. The number of carbonyl (C=O) groups excluding carboxylic acids is 4. The molecule has 3 aliphatic rings. The summed E-state index contributed by atoms with van der Waals surface area (Å²) in [5.41, 5.74) is 7.76. The Balaban J connectivity index is 1.20. The number of urea groups is 1. The van der Waals surface area contributed by atoms with Gasteiger partial charge in [-0.3, -0.25) is 19.3 Å². The van der Waals surface area contributed by atoms with Crippen molar-refractivity contribution >= 4 is 34.5 Å². The number of carbonyl (C=O) groups is 4. The molecule has 3 aromatic rings. The summed E-state index contributed by atoms with van der Waals surface area (Å²) in [6.45, 7) is 5.44. The number of ether oxygens (including phenoxy) is 2. The molecule has 0 radical (unpaired) electrons. The zero-order valence-electron chi connectivity index (χ0n) is 23.6. The second-order valence-electron chi connectivity index (χ2n) is 11.3. The van der Waals surface area contributed by atoms with E-state index in [1.54, 1.807) is 6.07 Å². The maximum Gasteiger partial charge on any atom is 0.321 e. The number of nitrogens with two attached hydrogens (primary N) is 1. The number of fused-ring (bicyclic) bond motifs is 2. The van der Waals surface area contributed by atoms with Gasteiger partial charge in [0.15, 0.2) is 5.78 Å². The number of aryl methyl sites for hydroxylation is 1. The van der Waals surface area contributed by atoms with Crippen LogP contribution in [-0.4, -0.2) is 70.3 Å². The average molecular weight is 559 g/mol. The number of nitrogens with zero attached hydrogens (tertiary/aromatic N) is 3. The Morgan fingerprint density at radius 3 is 2.51 bits per heavy atom. The second kappa shape index (κ2) is 9.94. The van der Waals surface area contributed by atoms with Gasteiger partial charge >= 0.3 is 6.03 Å². The van der Waals surface area contributed by atoms with Crippen LogP contribution in [0.4, 0.5) is 4.79 Å². The molecule has 3 heterocycles. The van der Waals surface area contributed by atoms with Crippen LogP contribution in [-0.2, 0) is 0 Å². The fourth-order valence-electron chi connectivity index (χ4n) is 6.09. The highest BCUT2D eigenvalue weighted by atomic mass is 16.5. The van der Waals surface area contributed by atoms with Gasteiger partial charge in [0.25, 0.3) is 11.8 Å². The van der Waals surface area contributed by atoms with E-state index in [0.29, 0.717) is 55.5 Å². The minimum Gasteiger partial charge on any atom is -0.493 e. The maximum atomic E-state index is 13.7. The van der Waals surface area contributed by atoms with Crippen LogP contribution in [0.2, 0.25) is 0 Å². The monoisotopic (exact) mass is 558 g/mol. The smallest absolute Gasteiger partial charge is 0.321 e. The van der Waals surface area contributed by atoms with Crippen molar-refractivity contribution in [1.82, 2.24) is 14.4 Å². The Morgan fingerprint density at radius 2 is 1.85 bits per heavy atom. The lowest BCUT2D eigenvalue weighted by Gasteiger charge is -2.44. The average Bonchev–Trinajstić information content (AvgIpc) is 3.75. The van der Waals surface area contributed by atoms with Gasteiger partial charge < -0.3 is 24.7 Å². The van der Waals surface area contributed by atoms with Crippen molar-refractivity contribution in [3.05, 3.63) is 58.8 Å². The van der Waals surface area contributed by atoms with Crippen molar-refractivity contribution in [2.75, 3.05) is 26.7 Å². The van der Waals surface area contributed by atoms with Gasteiger partial charge in [-0.1, -0.05) is 0 Å². The Kier molecular flexibility index (Phi) is 6.51. The molecule has 4 amide bonds. The number of likely N-dealkylation sites (tertiary alicyclic amines) is 1. The molecule has 41 heavy (non-hydrogen) atoms. The van der Waals surface area contributed by atoms with Crippen LogP contribution in [0.25, 0.3) is 10.9 Å². The molecule has 2 aromatic carbocycles. The molecule has 1 aromatic heterocycles. The SMILES string of the molecule is CCOc1cc(C(=O)N2CCC3(CC2)CC(=O)c2cc(C(=O)N(C)C(N)=O)ccc2O3)cc2c1c(C)cn2C1CC1. The first-order chi connectivity index (χ1) is 19.6. The van der Waals surface area contributed by atoms with Gasteiger partial charge in [0.1, 0.15) is 17.1 Å². The largest absolute Gasteiger partial charge is 0.493 e. The molecule has 1 spiro atoms. The predicted molar refractivity (Wildman–Crippen MR) is 152 cm³/mol. The minimum atomic E-state index is -0.878. The predicted octanol–water partition coefficient (Wildman–Crippen LogP) is 4.47. The highest BCUT2D eigenvalue weighted by molar-refractivity contribution is 6.07. The molecular weight excluding hydrogens is 524 g/mol. The molecule has 10 nitrogen and oxygen atoms in total. The fraction of sp³-hybridized carbons (Fsp3) is 0.419. The molecule has 214 valence electrons. The van der Waals surface area contributed by atoms with E-state index in [1.165, 1.54) is 19.2 Å². The Hall–Kier alpha value is -4.34. The van der Waals surface area contributed by atoms with Crippen molar-refractivity contribution in [3.63, 3.8) is 0 Å². The summed E-state index contributed by atoms with van der Waals surface area (Å²) in [6.07, 6.45) is 5.61. The van der Waals surface area contributed by atoms with E-state index in [1.807, 2.05) is 24.0 Å². The molecular formula is C31H34N4O6. The first kappa shape index (κ1) is 26.9. The Labute approximate surface area is 238 Å². The second-order valence-corrected chi connectivity index (χ2v) is 11.3. The number of hydrogen-bond acceptors (Lipinski definition) is 6. The van der Waals surface area contributed by atoms with Crippen LogP contribution in [0.1, 0.15) is 81.7 Å². The Morgan fingerprint density at radius 1 is 1.12 bits per heavy atom. The third kappa shape index (κ3) is 4.71. The van der Waals surface area contributed by atoms with Crippen LogP contribution in [0.15, 0.2) is 36.5 Å². The van der Waals surface area contributed by atoms with E-state index < -0.39 is 17.5 Å². The number of amides is 4. The molecule has 1 saturated heterocycles. The van der Waals surface area contributed by atoms with Gasteiger partial charge in [-0.15, -0.1) is 0 Å². The van der Waals surface area contributed by atoms with Crippen molar-refractivity contribution < 1.29 is 28.7 Å². The summed E-state index contributed by atoms with van der Waals surface area (Å²) in [5, 5.41) is 1.06. The molecule has 2 fully saturated rings. The standard InChI is InChI=1S/C31H34N4O6/c1-4-40-26-15-20(14-23-27(26)18(2)17-35(23)21-6-7-21)29(38)34-11-9-31(10-12-34)16-24(36)22-13-19(5-8-25(22)41-31)28(37)33(3)30(32)39/h5,8,13-15,17,21H,4,6-7,9-12,16H2,1-3H3,(H2,32,39). The number of ketones is 1. The molecule has 1 saturated carbocycles. The third-order valence-electron chi connectivity index (χ3n) is 8.51. The number of hydrogen-bond donors (Lipinski definition) is 1. The first-order valence-electron chi connectivity index (χ1n) is 14.1. The fourth-order valence-corrected chi connectivity index (χ4v) is 6.09. The lowest BCUT2D eigenvalue weighted by atomic mass is 9.82. The van der Waals surface area contributed by atoms with Crippen LogP contribution >= 0.6 is 0 Å². The summed E-state index contributed by atoms with van der Waals surface area (Å²) in [7, 11) is 1.29. The highest BCUT2D eigenvalue weighted by Crippen LogP contribution is 2.43. The molecule has 6 rings (SSSR count). The van der Waals surface area contributed by atoms with Gasteiger partial charge in [0.05, 0.1) is 24.1 Å². The van der Waals surface area contributed by atoms with Crippen LogP contribution < -0.4 is 15.2 Å². The van der Waals surface area contributed by atoms with Gasteiger partial charge in [-0.05, 0) is 62.6 Å².